The molecule has 1 fully saturated rings. The van der Waals surface area contributed by atoms with Crippen LogP contribution < -0.4 is 4.74 Å². The summed E-state index contributed by atoms with van der Waals surface area (Å²) in [6.07, 6.45) is -0.797. The Bertz CT molecular complexity index is 376. The van der Waals surface area contributed by atoms with Crippen molar-refractivity contribution in [2.24, 2.45) is 0 Å². The van der Waals surface area contributed by atoms with Crippen LogP contribution in [0.15, 0.2) is 24.3 Å². The number of ether oxygens (including phenoxy) is 2. The Hall–Kier alpha value is -1.75. The van der Waals surface area contributed by atoms with E-state index in [1.807, 2.05) is 24.3 Å². The van der Waals surface area contributed by atoms with E-state index in [4.69, 9.17) is 14.6 Å². The summed E-state index contributed by atoms with van der Waals surface area (Å²) in [5, 5.41) is 8.89. The molecule has 1 N–H and O–H groups in total. The van der Waals surface area contributed by atoms with E-state index >= 15 is 0 Å². The number of hydrogen-bond acceptors (Lipinski definition) is 4. The third-order valence-electron chi connectivity index (χ3n) is 2.55. The van der Waals surface area contributed by atoms with Crippen LogP contribution in [0.25, 0.3) is 0 Å². The van der Waals surface area contributed by atoms with E-state index in [-0.39, 0.29) is 12.8 Å². The summed E-state index contributed by atoms with van der Waals surface area (Å²) < 4.78 is 10.1. The predicted octanol–water partition coefficient (Wildman–Crippen LogP) is 1.14. The highest BCUT2D eigenvalue weighted by Gasteiger charge is 2.31. The molecular formula is C11H13NO4. The fourth-order valence-electron chi connectivity index (χ4n) is 1.62. The van der Waals surface area contributed by atoms with Gasteiger partial charge in [0, 0.05) is 0 Å². The van der Waals surface area contributed by atoms with Crippen molar-refractivity contribution in [2.45, 2.75) is 6.10 Å². The van der Waals surface area contributed by atoms with Crippen LogP contribution in [0.1, 0.15) is 11.7 Å². The van der Waals surface area contributed by atoms with Crippen molar-refractivity contribution in [2.75, 3.05) is 20.4 Å². The lowest BCUT2D eigenvalue weighted by molar-refractivity contribution is 0.112. The molecule has 0 radical (unpaired) electrons. The number of benzene rings is 1. The summed E-state index contributed by atoms with van der Waals surface area (Å²) >= 11 is 0. The lowest BCUT2D eigenvalue weighted by atomic mass is 10.1. The molecule has 1 aliphatic heterocycles. The van der Waals surface area contributed by atoms with Crippen LogP contribution in [0.4, 0.5) is 4.79 Å². The Morgan fingerprint density at radius 2 is 2.19 bits per heavy atom. The summed E-state index contributed by atoms with van der Waals surface area (Å²) in [7, 11) is 1.60. The van der Waals surface area contributed by atoms with Crippen LogP contribution in [0.5, 0.6) is 5.75 Å². The molecular weight excluding hydrogens is 210 g/mol. The van der Waals surface area contributed by atoms with Gasteiger partial charge in [-0.1, -0.05) is 12.1 Å². The number of hydrogen-bond donors (Lipinski definition) is 1. The minimum atomic E-state index is -0.483. The minimum Gasteiger partial charge on any atom is -0.497 e. The zero-order valence-corrected chi connectivity index (χ0v) is 8.92. The molecule has 0 bridgehead atoms. The first-order chi connectivity index (χ1) is 7.74. The highest BCUT2D eigenvalue weighted by atomic mass is 16.6. The van der Waals surface area contributed by atoms with E-state index < -0.39 is 6.09 Å². The van der Waals surface area contributed by atoms with Gasteiger partial charge in [0.2, 0.25) is 0 Å². The number of aliphatic hydroxyl groups is 1. The minimum absolute atomic E-state index is 0.314. The average Bonchev–Trinajstić information content (AvgIpc) is 2.71. The third kappa shape index (κ3) is 1.94. The number of carbonyl (C=O) groups is 1. The number of carbonyl (C=O) groups excluding carboxylic acids is 1. The summed E-state index contributed by atoms with van der Waals surface area (Å²) in [5.74, 6) is 0.757. The molecule has 1 unspecified atom stereocenters. The van der Waals surface area contributed by atoms with Crippen molar-refractivity contribution >= 4 is 6.09 Å². The molecule has 16 heavy (non-hydrogen) atoms. The van der Waals surface area contributed by atoms with E-state index in [0.29, 0.717) is 6.54 Å². The van der Waals surface area contributed by atoms with Gasteiger partial charge in [0.1, 0.15) is 18.6 Å². The SMILES string of the molecule is COc1ccc(C2CN(CO)C(=O)O2)cc1. The maximum Gasteiger partial charge on any atom is 0.412 e. The molecule has 2 rings (SSSR count). The summed E-state index contributed by atoms with van der Waals surface area (Å²) in [4.78, 5) is 12.5. The molecule has 1 heterocycles. The highest BCUT2D eigenvalue weighted by Crippen LogP contribution is 2.26. The van der Waals surface area contributed by atoms with Crippen LogP contribution in [0, 0.1) is 0 Å². The predicted molar refractivity (Wildman–Crippen MR) is 56.0 cm³/mol. The normalized spacial score (nSPS) is 19.8. The molecule has 1 amide bonds. The van der Waals surface area contributed by atoms with Crippen LogP contribution in [-0.2, 0) is 4.74 Å². The van der Waals surface area contributed by atoms with Crippen molar-refractivity contribution in [1.82, 2.24) is 4.90 Å². The van der Waals surface area contributed by atoms with Gasteiger partial charge in [-0.25, -0.2) is 4.79 Å². The van der Waals surface area contributed by atoms with Gasteiger partial charge in [-0.15, -0.1) is 0 Å². The first kappa shape index (κ1) is 10.8. The molecule has 0 aliphatic carbocycles. The van der Waals surface area contributed by atoms with Gasteiger partial charge >= 0.3 is 6.09 Å². The molecule has 1 atom stereocenters. The Morgan fingerprint density at radius 1 is 1.50 bits per heavy atom. The number of rotatable bonds is 3. The van der Waals surface area contributed by atoms with Crippen LogP contribution >= 0.6 is 0 Å². The monoisotopic (exact) mass is 223 g/mol. The molecule has 1 saturated heterocycles. The van der Waals surface area contributed by atoms with Crippen LogP contribution in [0.3, 0.4) is 0 Å². The van der Waals surface area contributed by atoms with Gasteiger partial charge in [0.15, 0.2) is 0 Å². The standard InChI is InChI=1S/C11H13NO4/c1-15-9-4-2-8(3-5-9)10-6-12(7-13)11(14)16-10/h2-5,10,13H,6-7H2,1H3. The molecule has 0 aromatic heterocycles. The molecule has 86 valence electrons. The molecule has 5 nitrogen and oxygen atoms in total. The Morgan fingerprint density at radius 3 is 2.69 bits per heavy atom. The smallest absolute Gasteiger partial charge is 0.412 e. The number of aliphatic hydroxyl groups excluding tert-OH is 1. The summed E-state index contributed by atoms with van der Waals surface area (Å²) in [6, 6.07) is 7.31. The van der Waals surface area contributed by atoms with Gasteiger partial charge in [0.25, 0.3) is 0 Å². The van der Waals surface area contributed by atoms with Crippen molar-refractivity contribution in [3.05, 3.63) is 29.8 Å². The van der Waals surface area contributed by atoms with E-state index in [1.54, 1.807) is 7.11 Å². The van der Waals surface area contributed by atoms with E-state index in [2.05, 4.69) is 0 Å². The number of methoxy groups -OCH3 is 1. The summed E-state index contributed by atoms with van der Waals surface area (Å²) in [6.45, 7) is 0.0626. The molecule has 1 aromatic rings. The maximum atomic E-state index is 11.2. The van der Waals surface area contributed by atoms with Gasteiger partial charge in [-0.2, -0.15) is 0 Å². The van der Waals surface area contributed by atoms with Crippen LogP contribution in [0.2, 0.25) is 0 Å². The van der Waals surface area contributed by atoms with Crippen molar-refractivity contribution < 1.29 is 19.4 Å². The fourth-order valence-corrected chi connectivity index (χ4v) is 1.62. The quantitative estimate of drug-likeness (QED) is 0.834. The average molecular weight is 223 g/mol. The Balaban J connectivity index is 2.11. The first-order valence-corrected chi connectivity index (χ1v) is 4.95. The van der Waals surface area contributed by atoms with Gasteiger partial charge < -0.3 is 14.6 Å². The number of amides is 1. The zero-order valence-electron chi connectivity index (χ0n) is 8.92. The maximum absolute atomic E-state index is 11.2. The van der Waals surface area contributed by atoms with Crippen LogP contribution in [-0.4, -0.2) is 36.5 Å². The molecule has 1 aromatic carbocycles. The third-order valence-corrected chi connectivity index (χ3v) is 2.55. The summed E-state index contributed by atoms with van der Waals surface area (Å²) in [5.41, 5.74) is 0.894. The Labute approximate surface area is 93.2 Å². The molecule has 0 spiro atoms. The van der Waals surface area contributed by atoms with Gasteiger partial charge in [-0.05, 0) is 17.7 Å². The highest BCUT2D eigenvalue weighted by molar-refractivity contribution is 5.70. The van der Waals surface area contributed by atoms with Crippen molar-refractivity contribution in [3.8, 4) is 5.75 Å². The second kappa shape index (κ2) is 4.40. The lowest BCUT2D eigenvalue weighted by Gasteiger charge is -2.09. The first-order valence-electron chi connectivity index (χ1n) is 4.95. The van der Waals surface area contributed by atoms with Gasteiger partial charge in [0.05, 0.1) is 13.7 Å². The molecule has 5 heteroatoms. The molecule has 1 aliphatic rings. The topological polar surface area (TPSA) is 59.0 Å². The van der Waals surface area contributed by atoms with E-state index in [9.17, 15) is 4.79 Å². The van der Waals surface area contributed by atoms with Crippen molar-refractivity contribution in [1.29, 1.82) is 0 Å². The second-order valence-electron chi connectivity index (χ2n) is 3.51. The largest absolute Gasteiger partial charge is 0.497 e. The second-order valence-corrected chi connectivity index (χ2v) is 3.51. The zero-order chi connectivity index (χ0) is 11.5. The van der Waals surface area contributed by atoms with E-state index in [0.717, 1.165) is 11.3 Å². The number of cyclic esters (lactones) is 1. The molecule has 0 saturated carbocycles. The lowest BCUT2D eigenvalue weighted by Crippen LogP contribution is -2.25. The van der Waals surface area contributed by atoms with Gasteiger partial charge in [-0.3, -0.25) is 4.90 Å². The van der Waals surface area contributed by atoms with Crippen molar-refractivity contribution in [3.63, 3.8) is 0 Å². The Kier molecular flexibility index (Phi) is 2.96. The van der Waals surface area contributed by atoms with E-state index in [1.165, 1.54) is 4.90 Å². The fraction of sp³-hybridized carbons (Fsp3) is 0.364. The number of nitrogens with zero attached hydrogens (tertiary/aromatic N) is 1.